The summed E-state index contributed by atoms with van der Waals surface area (Å²) in [5, 5.41) is 7.46. The Morgan fingerprint density at radius 1 is 1.55 bits per heavy atom. The molecule has 0 saturated carbocycles. The molecule has 1 aromatic heterocycles. The summed E-state index contributed by atoms with van der Waals surface area (Å²) in [5.74, 6) is 0.796. The number of urea groups is 1. The van der Waals surface area contributed by atoms with Gasteiger partial charge in [0.25, 0.3) is 0 Å². The molecule has 0 unspecified atom stereocenters. The first kappa shape index (κ1) is 14.9. The second-order valence-electron chi connectivity index (χ2n) is 5.92. The SMILES string of the molecule is CCC[C@H]1CCCN1C(=O)Nc1cc(C)nn1C(C)C. The summed E-state index contributed by atoms with van der Waals surface area (Å²) < 4.78 is 1.87. The summed E-state index contributed by atoms with van der Waals surface area (Å²) in [4.78, 5) is 14.4. The molecule has 1 aromatic rings. The lowest BCUT2D eigenvalue weighted by Crippen LogP contribution is -2.39. The van der Waals surface area contributed by atoms with Crippen LogP contribution >= 0.6 is 0 Å². The number of amides is 2. The van der Waals surface area contributed by atoms with E-state index in [-0.39, 0.29) is 12.1 Å². The fourth-order valence-electron chi connectivity index (χ4n) is 2.92. The first-order valence-corrected chi connectivity index (χ1v) is 7.66. The highest BCUT2D eigenvalue weighted by molar-refractivity contribution is 5.89. The fourth-order valence-corrected chi connectivity index (χ4v) is 2.92. The van der Waals surface area contributed by atoms with E-state index in [9.17, 15) is 4.79 Å². The van der Waals surface area contributed by atoms with Crippen LogP contribution in [0.3, 0.4) is 0 Å². The highest BCUT2D eigenvalue weighted by Crippen LogP contribution is 2.23. The number of nitrogens with one attached hydrogen (secondary N) is 1. The van der Waals surface area contributed by atoms with Crippen molar-refractivity contribution in [2.45, 2.75) is 65.5 Å². The molecule has 2 amide bonds. The average molecular weight is 278 g/mol. The Morgan fingerprint density at radius 3 is 2.95 bits per heavy atom. The number of hydrogen-bond donors (Lipinski definition) is 1. The Hall–Kier alpha value is -1.52. The van der Waals surface area contributed by atoms with Crippen LogP contribution in [0.2, 0.25) is 0 Å². The van der Waals surface area contributed by atoms with E-state index in [1.807, 2.05) is 22.6 Å². The molecular weight excluding hydrogens is 252 g/mol. The number of carbonyl (C=O) groups excluding carboxylic acids is 1. The highest BCUT2D eigenvalue weighted by atomic mass is 16.2. The Kier molecular flexibility index (Phi) is 4.68. The molecule has 2 rings (SSSR count). The van der Waals surface area contributed by atoms with Crippen molar-refractivity contribution in [3.8, 4) is 0 Å². The smallest absolute Gasteiger partial charge is 0.322 e. The predicted molar refractivity (Wildman–Crippen MR) is 81.0 cm³/mol. The van der Waals surface area contributed by atoms with Crippen molar-refractivity contribution in [3.63, 3.8) is 0 Å². The number of rotatable bonds is 4. The molecule has 1 saturated heterocycles. The molecule has 0 radical (unpaired) electrons. The van der Waals surface area contributed by atoms with Gasteiger partial charge in [0.1, 0.15) is 5.82 Å². The van der Waals surface area contributed by atoms with Crippen molar-refractivity contribution in [2.24, 2.45) is 0 Å². The Morgan fingerprint density at radius 2 is 2.30 bits per heavy atom. The van der Waals surface area contributed by atoms with Crippen LogP contribution in [0.1, 0.15) is 58.2 Å². The molecule has 2 heterocycles. The summed E-state index contributed by atoms with van der Waals surface area (Å²) in [6, 6.07) is 2.59. The molecule has 1 aliphatic heterocycles. The number of nitrogens with zero attached hydrogens (tertiary/aromatic N) is 3. The number of anilines is 1. The van der Waals surface area contributed by atoms with Crippen LogP contribution in [0.15, 0.2) is 6.07 Å². The lowest BCUT2D eigenvalue weighted by molar-refractivity contribution is 0.203. The molecule has 0 spiro atoms. The quantitative estimate of drug-likeness (QED) is 0.915. The minimum atomic E-state index is 0.0164. The van der Waals surface area contributed by atoms with E-state index < -0.39 is 0 Å². The third-order valence-electron chi connectivity index (χ3n) is 3.84. The van der Waals surface area contributed by atoms with Crippen molar-refractivity contribution in [1.82, 2.24) is 14.7 Å². The van der Waals surface area contributed by atoms with Crippen molar-refractivity contribution >= 4 is 11.8 Å². The zero-order valence-corrected chi connectivity index (χ0v) is 13.0. The fraction of sp³-hybridized carbons (Fsp3) is 0.733. The van der Waals surface area contributed by atoms with Gasteiger partial charge in [0.15, 0.2) is 0 Å². The zero-order chi connectivity index (χ0) is 14.7. The Labute approximate surface area is 121 Å². The molecule has 1 N–H and O–H groups in total. The molecule has 1 aliphatic rings. The summed E-state index contributed by atoms with van der Waals surface area (Å²) in [6.45, 7) is 9.12. The lowest BCUT2D eigenvalue weighted by atomic mass is 10.1. The van der Waals surface area contributed by atoms with Gasteiger partial charge in [-0.05, 0) is 40.0 Å². The van der Waals surface area contributed by atoms with E-state index in [1.54, 1.807) is 0 Å². The minimum absolute atomic E-state index is 0.0164. The van der Waals surface area contributed by atoms with Gasteiger partial charge in [-0.1, -0.05) is 13.3 Å². The van der Waals surface area contributed by atoms with Gasteiger partial charge in [0.2, 0.25) is 0 Å². The third-order valence-corrected chi connectivity index (χ3v) is 3.84. The van der Waals surface area contributed by atoms with Crippen molar-refractivity contribution < 1.29 is 4.79 Å². The van der Waals surface area contributed by atoms with E-state index in [4.69, 9.17) is 0 Å². The second-order valence-corrected chi connectivity index (χ2v) is 5.92. The second kappa shape index (κ2) is 6.29. The van der Waals surface area contributed by atoms with E-state index in [2.05, 4.69) is 31.2 Å². The molecule has 5 heteroatoms. The average Bonchev–Trinajstić information content (AvgIpc) is 2.96. The summed E-state index contributed by atoms with van der Waals surface area (Å²) in [5.41, 5.74) is 0.931. The van der Waals surface area contributed by atoms with Gasteiger partial charge in [-0.2, -0.15) is 5.10 Å². The van der Waals surface area contributed by atoms with E-state index in [0.29, 0.717) is 6.04 Å². The van der Waals surface area contributed by atoms with Gasteiger partial charge in [0, 0.05) is 24.7 Å². The molecule has 1 atom stereocenters. The van der Waals surface area contributed by atoms with Crippen LogP contribution in [-0.2, 0) is 0 Å². The zero-order valence-electron chi connectivity index (χ0n) is 13.0. The van der Waals surface area contributed by atoms with E-state index in [1.165, 1.54) is 0 Å². The topological polar surface area (TPSA) is 50.2 Å². The molecule has 1 fully saturated rings. The maximum absolute atomic E-state index is 12.5. The molecule has 20 heavy (non-hydrogen) atoms. The number of aromatic nitrogens is 2. The predicted octanol–water partition coefficient (Wildman–Crippen LogP) is 3.57. The van der Waals surface area contributed by atoms with Crippen molar-refractivity contribution in [2.75, 3.05) is 11.9 Å². The Bertz CT molecular complexity index is 466. The van der Waals surface area contributed by atoms with Gasteiger partial charge < -0.3 is 4.90 Å². The number of hydrogen-bond acceptors (Lipinski definition) is 2. The highest BCUT2D eigenvalue weighted by Gasteiger charge is 2.28. The molecule has 0 aromatic carbocycles. The van der Waals surface area contributed by atoms with Gasteiger partial charge >= 0.3 is 6.03 Å². The van der Waals surface area contributed by atoms with Crippen LogP contribution in [0.5, 0.6) is 0 Å². The summed E-state index contributed by atoms with van der Waals surface area (Å²) in [6.07, 6.45) is 4.46. The standard InChI is InChI=1S/C15H26N4O/c1-5-7-13-8-6-9-18(13)15(20)16-14-10-12(4)17-19(14)11(2)3/h10-11,13H,5-9H2,1-4H3,(H,16,20)/t13-/m0/s1. The molecular formula is C15H26N4O. The van der Waals surface area contributed by atoms with Crippen LogP contribution in [0, 0.1) is 6.92 Å². The number of likely N-dealkylation sites (tertiary alicyclic amines) is 1. The summed E-state index contributed by atoms with van der Waals surface area (Å²) >= 11 is 0. The van der Waals surface area contributed by atoms with Crippen molar-refractivity contribution in [1.29, 1.82) is 0 Å². The van der Waals surface area contributed by atoms with Gasteiger partial charge in [-0.15, -0.1) is 0 Å². The van der Waals surface area contributed by atoms with Crippen LogP contribution in [0.4, 0.5) is 10.6 Å². The monoisotopic (exact) mass is 278 g/mol. The first-order valence-electron chi connectivity index (χ1n) is 7.66. The normalized spacial score (nSPS) is 18.9. The van der Waals surface area contributed by atoms with Crippen LogP contribution < -0.4 is 5.32 Å². The van der Waals surface area contributed by atoms with Gasteiger partial charge in [-0.25, -0.2) is 9.48 Å². The largest absolute Gasteiger partial charge is 0.323 e. The van der Waals surface area contributed by atoms with Crippen molar-refractivity contribution in [3.05, 3.63) is 11.8 Å². The number of aryl methyl sites for hydroxylation is 1. The number of carbonyl (C=O) groups is 1. The molecule has 112 valence electrons. The van der Waals surface area contributed by atoms with E-state index >= 15 is 0 Å². The lowest BCUT2D eigenvalue weighted by Gasteiger charge is -2.25. The minimum Gasteiger partial charge on any atom is -0.322 e. The molecule has 5 nitrogen and oxygen atoms in total. The summed E-state index contributed by atoms with van der Waals surface area (Å²) in [7, 11) is 0. The third kappa shape index (κ3) is 3.14. The van der Waals surface area contributed by atoms with Crippen LogP contribution in [-0.4, -0.2) is 33.3 Å². The van der Waals surface area contributed by atoms with Gasteiger partial charge in [0.05, 0.1) is 5.69 Å². The molecule has 0 bridgehead atoms. The van der Waals surface area contributed by atoms with E-state index in [0.717, 1.165) is 43.7 Å². The van der Waals surface area contributed by atoms with Crippen LogP contribution in [0.25, 0.3) is 0 Å². The maximum atomic E-state index is 12.5. The van der Waals surface area contributed by atoms with Gasteiger partial charge in [-0.3, -0.25) is 5.32 Å². The first-order chi connectivity index (χ1) is 9.52. The molecule has 0 aliphatic carbocycles. The maximum Gasteiger partial charge on any atom is 0.323 e. The Balaban J connectivity index is 2.07.